The van der Waals surface area contributed by atoms with Crippen LogP contribution in [0.5, 0.6) is 0 Å². The van der Waals surface area contributed by atoms with Crippen LogP contribution in [0.2, 0.25) is 0 Å². The zero-order valence-electron chi connectivity index (χ0n) is 17.8. The highest BCUT2D eigenvalue weighted by molar-refractivity contribution is 5.96. The molecule has 3 aliphatic rings. The summed E-state index contributed by atoms with van der Waals surface area (Å²) >= 11 is 0. The molecule has 2 heterocycles. The van der Waals surface area contributed by atoms with Crippen molar-refractivity contribution >= 4 is 23.4 Å². The molecule has 7 heteroatoms. The van der Waals surface area contributed by atoms with Crippen molar-refractivity contribution < 1.29 is 14.4 Å². The lowest BCUT2D eigenvalue weighted by molar-refractivity contribution is -0.139. The van der Waals surface area contributed by atoms with Crippen LogP contribution in [0.15, 0.2) is 24.3 Å². The van der Waals surface area contributed by atoms with Gasteiger partial charge in [-0.15, -0.1) is 0 Å². The topological polar surface area (TPSA) is 73.0 Å². The van der Waals surface area contributed by atoms with Gasteiger partial charge in [0.15, 0.2) is 0 Å². The van der Waals surface area contributed by atoms with Gasteiger partial charge in [-0.2, -0.15) is 0 Å². The summed E-state index contributed by atoms with van der Waals surface area (Å²) in [6.45, 7) is 5.45. The largest absolute Gasteiger partial charge is 0.344 e. The first-order valence-electron chi connectivity index (χ1n) is 11.2. The Morgan fingerprint density at radius 1 is 1.03 bits per heavy atom. The zero-order valence-corrected chi connectivity index (χ0v) is 17.8. The number of hydrogen-bond donors (Lipinski definition) is 1. The molecule has 3 amide bonds. The Morgan fingerprint density at radius 3 is 2.47 bits per heavy atom. The molecule has 7 nitrogen and oxygen atoms in total. The molecular weight excluding hydrogens is 380 g/mol. The minimum absolute atomic E-state index is 0.00754. The molecule has 1 saturated heterocycles. The third-order valence-corrected chi connectivity index (χ3v) is 6.66. The molecular formula is C23H32N4O3. The Kier molecular flexibility index (Phi) is 6.37. The Morgan fingerprint density at radius 2 is 1.77 bits per heavy atom. The molecule has 0 aromatic heterocycles. The number of aryl methyl sites for hydroxylation is 1. The number of amides is 3. The summed E-state index contributed by atoms with van der Waals surface area (Å²) in [5, 5.41) is 2.87. The summed E-state index contributed by atoms with van der Waals surface area (Å²) in [4.78, 5) is 43.6. The molecule has 4 rings (SSSR count). The molecule has 0 radical (unpaired) electrons. The van der Waals surface area contributed by atoms with Gasteiger partial charge >= 0.3 is 0 Å². The van der Waals surface area contributed by atoms with E-state index in [0.29, 0.717) is 32.7 Å². The molecule has 1 aromatic carbocycles. The molecule has 1 atom stereocenters. The third-order valence-electron chi connectivity index (χ3n) is 6.66. The predicted molar refractivity (Wildman–Crippen MR) is 115 cm³/mol. The monoisotopic (exact) mass is 412 g/mol. The highest BCUT2D eigenvalue weighted by Gasteiger charge is 2.31. The van der Waals surface area contributed by atoms with Crippen LogP contribution in [0.4, 0.5) is 5.69 Å². The van der Waals surface area contributed by atoms with Crippen molar-refractivity contribution in [3.05, 3.63) is 29.8 Å². The van der Waals surface area contributed by atoms with Gasteiger partial charge in [0, 0.05) is 44.3 Å². The molecule has 1 unspecified atom stereocenters. The lowest BCUT2D eigenvalue weighted by Crippen LogP contribution is -2.56. The van der Waals surface area contributed by atoms with Gasteiger partial charge in [0.05, 0.1) is 6.54 Å². The predicted octanol–water partition coefficient (Wildman–Crippen LogP) is 1.41. The number of benzene rings is 1. The van der Waals surface area contributed by atoms with Crippen molar-refractivity contribution in [2.24, 2.45) is 5.92 Å². The molecule has 0 bridgehead atoms. The molecule has 1 aliphatic carbocycles. The van der Waals surface area contributed by atoms with Gasteiger partial charge in [-0.05, 0) is 44.2 Å². The number of piperazine rings is 1. The Bertz CT molecular complexity index is 799. The van der Waals surface area contributed by atoms with Crippen LogP contribution in [-0.2, 0) is 20.8 Å². The first kappa shape index (κ1) is 20.8. The van der Waals surface area contributed by atoms with Crippen LogP contribution in [-0.4, -0.2) is 72.8 Å². The highest BCUT2D eigenvalue weighted by atomic mass is 16.2. The number of hydrogen-bond acceptors (Lipinski definition) is 4. The van der Waals surface area contributed by atoms with E-state index in [2.05, 4.69) is 16.3 Å². The summed E-state index contributed by atoms with van der Waals surface area (Å²) in [6.07, 6.45) is 4.98. The standard InChI is InChI=1S/C23H32N4O3/c1-17(24-22(29)19-7-4-8-19)23(30)26-14-12-25(13-15-26)16-21(28)27-11-5-9-18-6-2-3-10-20(18)27/h2-3,6,10,17,19H,4-5,7-9,11-16H2,1H3,(H,24,29). The molecule has 1 aromatic rings. The maximum atomic E-state index is 12.9. The van der Waals surface area contributed by atoms with Crippen molar-refractivity contribution in [2.45, 2.75) is 45.1 Å². The van der Waals surface area contributed by atoms with Crippen molar-refractivity contribution in [3.63, 3.8) is 0 Å². The Labute approximate surface area is 178 Å². The zero-order chi connectivity index (χ0) is 21.1. The van der Waals surface area contributed by atoms with Crippen LogP contribution in [0.1, 0.15) is 38.2 Å². The second-order valence-corrected chi connectivity index (χ2v) is 8.74. The fourth-order valence-corrected chi connectivity index (χ4v) is 4.53. The first-order valence-corrected chi connectivity index (χ1v) is 11.2. The van der Waals surface area contributed by atoms with E-state index in [4.69, 9.17) is 0 Å². The smallest absolute Gasteiger partial charge is 0.244 e. The van der Waals surface area contributed by atoms with Crippen LogP contribution in [0, 0.1) is 5.92 Å². The van der Waals surface area contributed by atoms with Gasteiger partial charge in [0.25, 0.3) is 0 Å². The maximum Gasteiger partial charge on any atom is 0.244 e. The maximum absolute atomic E-state index is 12.9. The van der Waals surface area contributed by atoms with Gasteiger partial charge < -0.3 is 15.1 Å². The molecule has 0 spiro atoms. The van der Waals surface area contributed by atoms with E-state index in [9.17, 15) is 14.4 Å². The normalized spacial score (nSPS) is 20.8. The number of nitrogens with zero attached hydrogens (tertiary/aromatic N) is 3. The second kappa shape index (κ2) is 9.16. The van der Waals surface area contributed by atoms with Gasteiger partial charge in [0.2, 0.25) is 17.7 Å². The number of para-hydroxylation sites is 1. The van der Waals surface area contributed by atoms with Crippen LogP contribution in [0.25, 0.3) is 0 Å². The fraction of sp³-hybridized carbons (Fsp3) is 0.609. The van der Waals surface area contributed by atoms with Crippen LogP contribution < -0.4 is 10.2 Å². The quantitative estimate of drug-likeness (QED) is 0.794. The third kappa shape index (κ3) is 4.51. The summed E-state index contributed by atoms with van der Waals surface area (Å²) in [5.41, 5.74) is 2.28. The van der Waals surface area contributed by atoms with E-state index >= 15 is 0 Å². The van der Waals surface area contributed by atoms with E-state index in [1.54, 1.807) is 6.92 Å². The summed E-state index contributed by atoms with van der Waals surface area (Å²) < 4.78 is 0. The highest BCUT2D eigenvalue weighted by Crippen LogP contribution is 2.27. The minimum atomic E-state index is -0.490. The average Bonchev–Trinajstić information content (AvgIpc) is 2.72. The van der Waals surface area contributed by atoms with E-state index in [-0.39, 0.29) is 23.6 Å². The number of nitrogens with one attached hydrogen (secondary N) is 1. The fourth-order valence-electron chi connectivity index (χ4n) is 4.53. The lowest BCUT2D eigenvalue weighted by atomic mass is 9.84. The van der Waals surface area contributed by atoms with Crippen LogP contribution in [0.3, 0.4) is 0 Å². The van der Waals surface area contributed by atoms with Crippen molar-refractivity contribution in [2.75, 3.05) is 44.2 Å². The first-order chi connectivity index (χ1) is 14.5. The van der Waals surface area contributed by atoms with E-state index in [1.807, 2.05) is 28.0 Å². The molecule has 30 heavy (non-hydrogen) atoms. The summed E-state index contributed by atoms with van der Waals surface area (Å²) in [5.74, 6) is 0.192. The van der Waals surface area contributed by atoms with Crippen molar-refractivity contribution in [3.8, 4) is 0 Å². The second-order valence-electron chi connectivity index (χ2n) is 8.74. The number of fused-ring (bicyclic) bond motifs is 1. The van der Waals surface area contributed by atoms with Crippen molar-refractivity contribution in [1.82, 2.24) is 15.1 Å². The van der Waals surface area contributed by atoms with Gasteiger partial charge in [-0.1, -0.05) is 24.6 Å². The number of carbonyl (C=O) groups excluding carboxylic acids is 3. The average molecular weight is 413 g/mol. The number of carbonyl (C=O) groups is 3. The van der Waals surface area contributed by atoms with Crippen molar-refractivity contribution in [1.29, 1.82) is 0 Å². The van der Waals surface area contributed by atoms with Gasteiger partial charge in [-0.25, -0.2) is 0 Å². The van der Waals surface area contributed by atoms with E-state index in [1.165, 1.54) is 5.56 Å². The SMILES string of the molecule is CC(NC(=O)C1CCC1)C(=O)N1CCN(CC(=O)N2CCCc3ccccc32)CC1. The summed E-state index contributed by atoms with van der Waals surface area (Å²) in [6, 6.07) is 7.65. The van der Waals surface area contributed by atoms with Gasteiger partial charge in [0.1, 0.15) is 6.04 Å². The molecule has 1 N–H and O–H groups in total. The molecule has 162 valence electrons. The minimum Gasteiger partial charge on any atom is -0.344 e. The lowest BCUT2D eigenvalue weighted by Gasteiger charge is -2.37. The van der Waals surface area contributed by atoms with E-state index in [0.717, 1.165) is 44.3 Å². The number of rotatable bonds is 5. The summed E-state index contributed by atoms with van der Waals surface area (Å²) in [7, 11) is 0. The molecule has 2 fully saturated rings. The Hall–Kier alpha value is -2.41. The Balaban J connectivity index is 1.25. The molecule has 1 saturated carbocycles. The molecule has 2 aliphatic heterocycles. The number of anilines is 1. The van der Waals surface area contributed by atoms with E-state index < -0.39 is 6.04 Å². The van der Waals surface area contributed by atoms with Crippen LogP contribution >= 0.6 is 0 Å². The van der Waals surface area contributed by atoms with Gasteiger partial charge in [-0.3, -0.25) is 19.3 Å².